The van der Waals surface area contributed by atoms with Gasteiger partial charge in [0.2, 0.25) is 0 Å². The number of amides is 2. The average molecular weight is 296 g/mol. The molecule has 2 amide bonds. The lowest BCUT2D eigenvalue weighted by molar-refractivity contribution is -0.140. The van der Waals surface area contributed by atoms with E-state index in [4.69, 9.17) is 9.84 Å². The monoisotopic (exact) mass is 296 g/mol. The minimum absolute atomic E-state index is 0.387. The first-order chi connectivity index (χ1) is 9.52. The van der Waals surface area contributed by atoms with E-state index in [0.717, 1.165) is 11.3 Å². The van der Waals surface area contributed by atoms with Crippen LogP contribution in [-0.4, -0.2) is 46.8 Å². The number of aliphatic carboxylic acids is 1. The summed E-state index contributed by atoms with van der Waals surface area (Å²) in [5, 5.41) is 11.8. The summed E-state index contributed by atoms with van der Waals surface area (Å²) in [7, 11) is 1.58. The van der Waals surface area contributed by atoms with Gasteiger partial charge in [-0.1, -0.05) is 0 Å². The number of aryl methyl sites for hydroxylation is 1. The third kappa shape index (κ3) is 2.98. The zero-order chi connectivity index (χ0) is 14.7. The molecule has 0 aliphatic carbocycles. The van der Waals surface area contributed by atoms with Gasteiger partial charge in [0.05, 0.1) is 13.0 Å². The van der Waals surface area contributed by atoms with E-state index in [9.17, 15) is 9.59 Å². The molecule has 1 fully saturated rings. The number of carboxylic acids is 1. The van der Waals surface area contributed by atoms with E-state index in [1.807, 2.05) is 6.92 Å². The van der Waals surface area contributed by atoms with Crippen LogP contribution in [0, 0.1) is 6.92 Å². The van der Waals surface area contributed by atoms with Gasteiger partial charge in [0, 0.05) is 11.4 Å². The van der Waals surface area contributed by atoms with Crippen LogP contribution in [0.1, 0.15) is 5.56 Å². The van der Waals surface area contributed by atoms with E-state index in [-0.39, 0.29) is 0 Å². The Morgan fingerprint density at radius 2 is 2.25 bits per heavy atom. The smallest absolute Gasteiger partial charge is 0.327 e. The van der Waals surface area contributed by atoms with Crippen LogP contribution in [0.5, 0.6) is 5.75 Å². The third-order valence-electron chi connectivity index (χ3n) is 3.07. The Kier molecular flexibility index (Phi) is 4.39. The fourth-order valence-corrected chi connectivity index (χ4v) is 3.14. The highest BCUT2D eigenvalue weighted by molar-refractivity contribution is 7.99. The highest BCUT2D eigenvalue weighted by Crippen LogP contribution is 2.24. The van der Waals surface area contributed by atoms with Crippen molar-refractivity contribution < 1.29 is 19.4 Å². The number of carbonyl (C=O) groups excluding carboxylic acids is 1. The number of thioether (sulfide) groups is 1. The Morgan fingerprint density at radius 1 is 1.50 bits per heavy atom. The number of methoxy groups -OCH3 is 1. The summed E-state index contributed by atoms with van der Waals surface area (Å²) in [5.41, 5.74) is 1.52. The summed E-state index contributed by atoms with van der Waals surface area (Å²) in [4.78, 5) is 24.5. The lowest BCUT2D eigenvalue weighted by Crippen LogP contribution is -2.43. The molecule has 0 saturated carbocycles. The molecule has 1 aliphatic heterocycles. The van der Waals surface area contributed by atoms with Gasteiger partial charge in [0.25, 0.3) is 0 Å². The molecule has 0 radical (unpaired) electrons. The lowest BCUT2D eigenvalue weighted by atomic mass is 10.2. The second kappa shape index (κ2) is 6.04. The Morgan fingerprint density at radius 3 is 2.85 bits per heavy atom. The summed E-state index contributed by atoms with van der Waals surface area (Å²) in [6.07, 6.45) is 0. The van der Waals surface area contributed by atoms with Gasteiger partial charge in [-0.3, -0.25) is 0 Å². The molecule has 7 heteroatoms. The predicted molar refractivity (Wildman–Crippen MR) is 77.3 cm³/mol. The van der Waals surface area contributed by atoms with E-state index >= 15 is 0 Å². The maximum absolute atomic E-state index is 12.1. The van der Waals surface area contributed by atoms with Crippen LogP contribution in [0.25, 0.3) is 0 Å². The number of nitrogens with zero attached hydrogens (tertiary/aromatic N) is 1. The lowest BCUT2D eigenvalue weighted by Gasteiger charge is -2.21. The van der Waals surface area contributed by atoms with Gasteiger partial charge in [-0.2, -0.15) is 0 Å². The van der Waals surface area contributed by atoms with Crippen LogP contribution in [0.15, 0.2) is 18.2 Å². The number of anilines is 1. The maximum atomic E-state index is 12.1. The number of urea groups is 1. The summed E-state index contributed by atoms with van der Waals surface area (Å²) in [5.74, 6) is 0.571. The van der Waals surface area contributed by atoms with Crippen LogP contribution < -0.4 is 10.1 Å². The Balaban J connectivity index is 2.08. The van der Waals surface area contributed by atoms with Gasteiger partial charge >= 0.3 is 12.0 Å². The van der Waals surface area contributed by atoms with E-state index in [2.05, 4.69) is 5.32 Å². The number of carbonyl (C=O) groups is 2. The van der Waals surface area contributed by atoms with Crippen molar-refractivity contribution in [1.29, 1.82) is 0 Å². The number of hydrogen-bond donors (Lipinski definition) is 2. The average Bonchev–Trinajstić information content (AvgIpc) is 2.88. The highest BCUT2D eigenvalue weighted by atomic mass is 32.2. The zero-order valence-electron chi connectivity index (χ0n) is 11.3. The Hall–Kier alpha value is -1.89. The van der Waals surface area contributed by atoms with Gasteiger partial charge in [-0.05, 0) is 30.7 Å². The summed E-state index contributed by atoms with van der Waals surface area (Å²) < 4.78 is 5.15. The van der Waals surface area contributed by atoms with Gasteiger partial charge < -0.3 is 20.1 Å². The van der Waals surface area contributed by atoms with E-state index < -0.39 is 18.0 Å². The molecule has 0 aromatic heterocycles. The zero-order valence-corrected chi connectivity index (χ0v) is 12.1. The molecule has 1 atom stereocenters. The molecule has 20 heavy (non-hydrogen) atoms. The molecular formula is C13H16N2O4S. The third-order valence-corrected chi connectivity index (χ3v) is 4.09. The summed E-state index contributed by atoms with van der Waals surface area (Å²) in [6, 6.07) is 4.11. The summed E-state index contributed by atoms with van der Waals surface area (Å²) in [6.45, 7) is 1.88. The maximum Gasteiger partial charge on any atom is 0.327 e. The van der Waals surface area contributed by atoms with E-state index in [1.54, 1.807) is 25.3 Å². The fraction of sp³-hybridized carbons (Fsp3) is 0.385. The second-order valence-electron chi connectivity index (χ2n) is 4.44. The number of hydrogen-bond acceptors (Lipinski definition) is 4. The molecule has 2 rings (SSSR count). The van der Waals surface area contributed by atoms with Crippen LogP contribution in [-0.2, 0) is 4.79 Å². The minimum atomic E-state index is -0.976. The van der Waals surface area contributed by atoms with Crippen molar-refractivity contribution in [2.24, 2.45) is 0 Å². The second-order valence-corrected chi connectivity index (χ2v) is 5.44. The van der Waals surface area contributed by atoms with Gasteiger partial charge in [-0.25, -0.2) is 9.59 Å². The molecule has 1 aromatic carbocycles. The number of benzene rings is 1. The largest absolute Gasteiger partial charge is 0.496 e. The van der Waals surface area contributed by atoms with E-state index in [1.165, 1.54) is 16.7 Å². The number of rotatable bonds is 3. The Labute approximate surface area is 121 Å². The minimum Gasteiger partial charge on any atom is -0.496 e. The van der Waals surface area contributed by atoms with Crippen molar-refractivity contribution in [2.45, 2.75) is 13.0 Å². The molecule has 6 nitrogen and oxygen atoms in total. The molecule has 1 heterocycles. The molecular weight excluding hydrogens is 280 g/mol. The van der Waals surface area contributed by atoms with Crippen LogP contribution in [0.4, 0.5) is 10.5 Å². The van der Waals surface area contributed by atoms with Crippen LogP contribution >= 0.6 is 11.8 Å². The molecule has 0 bridgehead atoms. The van der Waals surface area contributed by atoms with Crippen molar-refractivity contribution in [2.75, 3.05) is 24.1 Å². The normalized spacial score (nSPS) is 17.9. The molecule has 1 unspecified atom stereocenters. The predicted octanol–water partition coefficient (Wildman–Crippen LogP) is 2.00. The fourth-order valence-electron chi connectivity index (χ4n) is 2.00. The van der Waals surface area contributed by atoms with Gasteiger partial charge in [0.1, 0.15) is 11.8 Å². The topological polar surface area (TPSA) is 78.9 Å². The first kappa shape index (κ1) is 14.5. The van der Waals surface area contributed by atoms with Crippen molar-refractivity contribution in [1.82, 2.24) is 4.90 Å². The van der Waals surface area contributed by atoms with Crippen molar-refractivity contribution >= 4 is 29.4 Å². The molecule has 108 valence electrons. The van der Waals surface area contributed by atoms with Crippen LogP contribution in [0.3, 0.4) is 0 Å². The van der Waals surface area contributed by atoms with Crippen molar-refractivity contribution in [3.8, 4) is 5.75 Å². The number of nitrogens with one attached hydrogen (secondary N) is 1. The van der Waals surface area contributed by atoms with Crippen molar-refractivity contribution in [3.05, 3.63) is 23.8 Å². The molecule has 1 aromatic rings. The SMILES string of the molecule is COc1ccc(NC(=O)N2CSCC2C(=O)O)cc1C. The van der Waals surface area contributed by atoms with Crippen LogP contribution in [0.2, 0.25) is 0 Å². The highest BCUT2D eigenvalue weighted by Gasteiger charge is 2.34. The van der Waals surface area contributed by atoms with Gasteiger partial charge in [-0.15, -0.1) is 11.8 Å². The first-order valence-electron chi connectivity index (χ1n) is 6.05. The molecule has 1 saturated heterocycles. The van der Waals surface area contributed by atoms with E-state index in [0.29, 0.717) is 17.3 Å². The number of ether oxygens (including phenoxy) is 1. The molecule has 0 spiro atoms. The summed E-state index contributed by atoms with van der Waals surface area (Å²) >= 11 is 1.43. The first-order valence-corrected chi connectivity index (χ1v) is 7.21. The quantitative estimate of drug-likeness (QED) is 0.892. The van der Waals surface area contributed by atoms with Crippen molar-refractivity contribution in [3.63, 3.8) is 0 Å². The molecule has 1 aliphatic rings. The van der Waals surface area contributed by atoms with Gasteiger partial charge in [0.15, 0.2) is 0 Å². The standard InChI is InChI=1S/C13H16N2O4S/c1-8-5-9(3-4-11(8)19-2)14-13(18)15-7-20-6-10(15)12(16)17/h3-5,10H,6-7H2,1-2H3,(H,14,18)(H,16,17). The number of carboxylic acid groups (broad SMARTS) is 1. The Bertz CT molecular complexity index is 535. The molecule has 2 N–H and O–H groups in total.